The average Bonchev–Trinajstić information content (AvgIpc) is 2.38. The molecule has 2 aromatic rings. The lowest BCUT2D eigenvalue weighted by molar-refractivity contribution is 1.23. The minimum absolute atomic E-state index is 0.717. The molecule has 0 saturated carbocycles. The van der Waals surface area contributed by atoms with Crippen molar-refractivity contribution in [3.05, 3.63) is 60.2 Å². The van der Waals surface area contributed by atoms with Crippen molar-refractivity contribution in [2.45, 2.75) is 0 Å². The van der Waals surface area contributed by atoms with Gasteiger partial charge in [-0.25, -0.2) is 0 Å². The fraction of sp³-hybridized carbons (Fsp3) is 0. The molecular weight excluding hydrogens is 196 g/mol. The van der Waals surface area contributed by atoms with Crippen LogP contribution in [-0.4, -0.2) is 0 Å². The van der Waals surface area contributed by atoms with Gasteiger partial charge in [-0.3, -0.25) is 0 Å². The van der Waals surface area contributed by atoms with Crippen molar-refractivity contribution >= 4 is 11.4 Å². The minimum atomic E-state index is 0.717. The summed E-state index contributed by atoms with van der Waals surface area (Å²) in [5, 5.41) is 8.24. The van der Waals surface area contributed by atoms with Gasteiger partial charge in [-0.05, 0) is 24.3 Å². The number of hydrogen-bond acceptors (Lipinski definition) is 2. The van der Waals surface area contributed by atoms with Crippen LogP contribution in [0.15, 0.2) is 64.8 Å². The van der Waals surface area contributed by atoms with Gasteiger partial charge in [0.05, 0.1) is 11.3 Å². The van der Waals surface area contributed by atoms with Crippen LogP contribution < -0.4 is 0 Å². The van der Waals surface area contributed by atoms with Gasteiger partial charge in [0.2, 0.25) is 0 Å². The smallest absolute Gasteiger partial charge is 0.101 e. The molecule has 76 valence electrons. The van der Waals surface area contributed by atoms with E-state index in [0.29, 0.717) is 5.69 Å². The van der Waals surface area contributed by atoms with Gasteiger partial charge in [0, 0.05) is 0 Å². The second kappa shape index (κ2) is 4.90. The summed E-state index contributed by atoms with van der Waals surface area (Å²) in [6.07, 6.45) is 5.37. The van der Waals surface area contributed by atoms with E-state index in [1.807, 2.05) is 54.6 Å². The van der Waals surface area contributed by atoms with Gasteiger partial charge in [0.1, 0.15) is 5.69 Å². The highest BCUT2D eigenvalue weighted by atomic mass is 15.1. The molecule has 0 fully saturated rings. The summed E-state index contributed by atoms with van der Waals surface area (Å²) in [4.78, 5) is 0. The Balaban J connectivity index is 2.28. The van der Waals surface area contributed by atoms with Crippen LogP contribution in [0.5, 0.6) is 0 Å². The van der Waals surface area contributed by atoms with Crippen LogP contribution in [0.4, 0.5) is 11.4 Å². The summed E-state index contributed by atoms with van der Waals surface area (Å²) in [7, 11) is 0. The Kier molecular flexibility index (Phi) is 3.10. The molecule has 0 amide bonds. The van der Waals surface area contributed by atoms with E-state index in [-0.39, 0.29) is 0 Å². The highest BCUT2D eigenvalue weighted by Crippen LogP contribution is 2.20. The van der Waals surface area contributed by atoms with Gasteiger partial charge >= 0.3 is 0 Å². The first-order valence-electron chi connectivity index (χ1n) is 4.92. The lowest BCUT2D eigenvalue weighted by Gasteiger charge is -1.96. The van der Waals surface area contributed by atoms with E-state index in [1.54, 1.807) is 0 Å². The summed E-state index contributed by atoms with van der Waals surface area (Å²) >= 11 is 0. The van der Waals surface area contributed by atoms with Crippen molar-refractivity contribution in [3.8, 4) is 12.3 Å². The number of terminal acetylenes is 1. The maximum Gasteiger partial charge on any atom is 0.101 e. The van der Waals surface area contributed by atoms with Gasteiger partial charge in [-0.2, -0.15) is 5.11 Å². The van der Waals surface area contributed by atoms with Crippen molar-refractivity contribution in [2.24, 2.45) is 10.2 Å². The Morgan fingerprint density at radius 2 is 1.50 bits per heavy atom. The van der Waals surface area contributed by atoms with Gasteiger partial charge in [0.15, 0.2) is 0 Å². The van der Waals surface area contributed by atoms with E-state index in [1.165, 1.54) is 0 Å². The molecule has 0 aromatic heterocycles. The zero-order chi connectivity index (χ0) is 11.2. The Morgan fingerprint density at radius 3 is 2.25 bits per heavy atom. The zero-order valence-electron chi connectivity index (χ0n) is 8.67. The van der Waals surface area contributed by atoms with Crippen LogP contribution >= 0.6 is 0 Å². The van der Waals surface area contributed by atoms with Gasteiger partial charge in [-0.15, -0.1) is 11.5 Å². The first kappa shape index (κ1) is 10.1. The summed E-state index contributed by atoms with van der Waals surface area (Å²) in [5.41, 5.74) is 2.28. The molecule has 0 aliphatic rings. The fourth-order valence-electron chi connectivity index (χ4n) is 1.29. The highest BCUT2D eigenvalue weighted by Gasteiger charge is 1.95. The first-order chi connectivity index (χ1) is 7.90. The Labute approximate surface area is 94.7 Å². The molecule has 0 atom stereocenters. The van der Waals surface area contributed by atoms with Crippen LogP contribution in [0.25, 0.3) is 0 Å². The topological polar surface area (TPSA) is 24.7 Å². The van der Waals surface area contributed by atoms with Gasteiger partial charge < -0.3 is 0 Å². The number of azo groups is 1. The van der Waals surface area contributed by atoms with Crippen molar-refractivity contribution in [3.63, 3.8) is 0 Å². The lowest BCUT2D eigenvalue weighted by Crippen LogP contribution is -1.73. The normalized spacial score (nSPS) is 10.2. The predicted octanol–water partition coefficient (Wildman–Crippen LogP) is 4.08. The molecule has 0 unspecified atom stereocenters. The monoisotopic (exact) mass is 206 g/mol. The summed E-state index contributed by atoms with van der Waals surface area (Å²) in [6.45, 7) is 0. The van der Waals surface area contributed by atoms with Crippen molar-refractivity contribution < 1.29 is 0 Å². The summed E-state index contributed by atoms with van der Waals surface area (Å²) in [6, 6.07) is 17.0. The van der Waals surface area contributed by atoms with Gasteiger partial charge in [0.25, 0.3) is 0 Å². The average molecular weight is 206 g/mol. The third kappa shape index (κ3) is 2.34. The molecule has 0 aliphatic carbocycles. The molecule has 2 aromatic carbocycles. The second-order valence-corrected chi connectivity index (χ2v) is 3.20. The number of nitrogens with zero attached hydrogens (tertiary/aromatic N) is 2. The molecule has 0 aliphatic heterocycles. The molecule has 0 bridgehead atoms. The molecule has 16 heavy (non-hydrogen) atoms. The van der Waals surface area contributed by atoms with E-state index in [0.717, 1.165) is 11.3 Å². The zero-order valence-corrected chi connectivity index (χ0v) is 8.67. The van der Waals surface area contributed by atoms with Crippen LogP contribution in [0.1, 0.15) is 5.56 Å². The standard InChI is InChI=1S/C14H10N2/c1-2-12-8-6-7-11-14(12)16-15-13-9-4-3-5-10-13/h1,3-11H. The first-order valence-corrected chi connectivity index (χ1v) is 4.92. The number of hydrogen-bond donors (Lipinski definition) is 0. The fourth-order valence-corrected chi connectivity index (χ4v) is 1.29. The largest absolute Gasteiger partial charge is 0.151 e. The van der Waals surface area contributed by atoms with Crippen LogP contribution in [0, 0.1) is 12.3 Å². The molecule has 0 spiro atoms. The molecule has 0 N–H and O–H groups in total. The van der Waals surface area contributed by atoms with E-state index in [2.05, 4.69) is 16.1 Å². The van der Waals surface area contributed by atoms with E-state index >= 15 is 0 Å². The highest BCUT2D eigenvalue weighted by molar-refractivity contribution is 5.54. The van der Waals surface area contributed by atoms with Crippen LogP contribution in [0.3, 0.4) is 0 Å². The van der Waals surface area contributed by atoms with Crippen molar-refractivity contribution in [1.82, 2.24) is 0 Å². The second-order valence-electron chi connectivity index (χ2n) is 3.20. The molecule has 0 saturated heterocycles. The maximum absolute atomic E-state index is 5.37. The van der Waals surface area contributed by atoms with Crippen LogP contribution in [0.2, 0.25) is 0 Å². The van der Waals surface area contributed by atoms with Gasteiger partial charge in [-0.1, -0.05) is 36.3 Å². The quantitative estimate of drug-likeness (QED) is 0.522. The van der Waals surface area contributed by atoms with E-state index in [4.69, 9.17) is 6.42 Å². The molecule has 0 radical (unpaired) electrons. The molecule has 2 heteroatoms. The molecule has 2 rings (SSSR count). The third-order valence-corrected chi connectivity index (χ3v) is 2.09. The van der Waals surface area contributed by atoms with E-state index in [9.17, 15) is 0 Å². The molecular formula is C14H10N2. The Bertz CT molecular complexity index is 536. The Morgan fingerprint density at radius 1 is 0.812 bits per heavy atom. The lowest BCUT2D eigenvalue weighted by atomic mass is 10.2. The van der Waals surface area contributed by atoms with Crippen molar-refractivity contribution in [2.75, 3.05) is 0 Å². The predicted molar refractivity (Wildman–Crippen MR) is 65.0 cm³/mol. The summed E-state index contributed by atoms with van der Waals surface area (Å²) < 4.78 is 0. The molecule has 0 heterocycles. The van der Waals surface area contributed by atoms with Crippen molar-refractivity contribution in [1.29, 1.82) is 0 Å². The number of benzene rings is 2. The van der Waals surface area contributed by atoms with E-state index < -0.39 is 0 Å². The maximum atomic E-state index is 5.37. The Hall–Kier alpha value is -2.40. The van der Waals surface area contributed by atoms with Crippen LogP contribution in [-0.2, 0) is 0 Å². The molecule has 2 nitrogen and oxygen atoms in total. The third-order valence-electron chi connectivity index (χ3n) is 2.09. The summed E-state index contributed by atoms with van der Waals surface area (Å²) in [5.74, 6) is 2.58. The SMILES string of the molecule is C#Cc1ccccc1N=Nc1ccccc1. The minimum Gasteiger partial charge on any atom is -0.151 e. The number of rotatable bonds is 2.